The summed E-state index contributed by atoms with van der Waals surface area (Å²) in [6, 6.07) is 0. The Morgan fingerprint density at radius 1 is 1.11 bits per heavy atom. The van der Waals surface area contributed by atoms with Crippen molar-refractivity contribution in [3.8, 4) is 0 Å². The predicted octanol–water partition coefficient (Wildman–Crippen LogP) is 5.01. The summed E-state index contributed by atoms with van der Waals surface area (Å²) in [6.07, 6.45) is 13.3. The molecule has 0 aromatic rings. The Morgan fingerprint density at radius 2 is 1.95 bits per heavy atom. The molecule has 0 aliphatic heterocycles. The third-order valence-corrected chi connectivity index (χ3v) is 6.14. The molecule has 0 radical (unpaired) electrons. The zero-order valence-corrected chi connectivity index (χ0v) is 13.5. The van der Waals surface area contributed by atoms with Crippen LogP contribution in [0.4, 0.5) is 0 Å². The van der Waals surface area contributed by atoms with Crippen LogP contribution in [0.15, 0.2) is 0 Å². The van der Waals surface area contributed by atoms with Crippen LogP contribution < -0.4 is 5.32 Å². The fourth-order valence-corrected chi connectivity index (χ4v) is 4.83. The van der Waals surface area contributed by atoms with Gasteiger partial charge in [0.05, 0.1) is 0 Å². The highest BCUT2D eigenvalue weighted by atomic mass is 14.9. The Hall–Kier alpha value is -0.0400. The van der Waals surface area contributed by atoms with E-state index in [9.17, 15) is 0 Å². The minimum atomic E-state index is 0.598. The first kappa shape index (κ1) is 15.4. The quantitative estimate of drug-likeness (QED) is 0.618. The molecule has 0 saturated heterocycles. The maximum absolute atomic E-state index is 3.67. The van der Waals surface area contributed by atoms with Crippen LogP contribution in [-0.2, 0) is 0 Å². The van der Waals surface area contributed by atoms with Gasteiger partial charge in [-0.2, -0.15) is 0 Å². The second-order valence-corrected chi connectivity index (χ2v) is 7.38. The third-order valence-electron chi connectivity index (χ3n) is 6.14. The van der Waals surface area contributed by atoms with Gasteiger partial charge < -0.3 is 5.32 Å². The largest absolute Gasteiger partial charge is 0.316 e. The number of unbranched alkanes of at least 4 members (excludes halogenated alkanes) is 1. The standard InChI is InChI=1S/C18H35N/c1-4-7-10-18(5-2,14-19-6-3)13-17-12-15-8-9-16(17)11-15/h15-17,19H,4-14H2,1-3H3. The average Bonchev–Trinajstić information content (AvgIpc) is 3.04. The molecular formula is C18H35N. The van der Waals surface area contributed by atoms with Crippen molar-refractivity contribution in [2.75, 3.05) is 13.1 Å². The lowest BCUT2D eigenvalue weighted by Crippen LogP contribution is -2.36. The first-order valence-corrected chi connectivity index (χ1v) is 8.93. The number of fused-ring (bicyclic) bond motifs is 2. The predicted molar refractivity (Wildman–Crippen MR) is 84.3 cm³/mol. The van der Waals surface area contributed by atoms with Crippen LogP contribution in [0, 0.1) is 23.2 Å². The second-order valence-electron chi connectivity index (χ2n) is 7.38. The summed E-state index contributed by atoms with van der Waals surface area (Å²) < 4.78 is 0. The fourth-order valence-electron chi connectivity index (χ4n) is 4.83. The monoisotopic (exact) mass is 265 g/mol. The molecule has 2 aliphatic rings. The summed E-state index contributed by atoms with van der Waals surface area (Å²) in [7, 11) is 0. The van der Waals surface area contributed by atoms with E-state index in [1.165, 1.54) is 38.6 Å². The van der Waals surface area contributed by atoms with Crippen molar-refractivity contribution in [3.05, 3.63) is 0 Å². The lowest BCUT2D eigenvalue weighted by Gasteiger charge is -2.38. The van der Waals surface area contributed by atoms with E-state index in [0.717, 1.165) is 24.3 Å². The minimum absolute atomic E-state index is 0.598. The molecule has 2 rings (SSSR count). The van der Waals surface area contributed by atoms with Gasteiger partial charge in [-0.1, -0.05) is 40.0 Å². The van der Waals surface area contributed by atoms with Crippen molar-refractivity contribution in [3.63, 3.8) is 0 Å². The van der Waals surface area contributed by atoms with Gasteiger partial charge in [0.1, 0.15) is 0 Å². The van der Waals surface area contributed by atoms with Crippen LogP contribution >= 0.6 is 0 Å². The first-order chi connectivity index (χ1) is 9.23. The van der Waals surface area contributed by atoms with Gasteiger partial charge in [0.25, 0.3) is 0 Å². The zero-order valence-electron chi connectivity index (χ0n) is 13.5. The maximum Gasteiger partial charge on any atom is 0.000769 e. The fraction of sp³-hybridized carbons (Fsp3) is 1.00. The number of hydrogen-bond acceptors (Lipinski definition) is 1. The highest BCUT2D eigenvalue weighted by Crippen LogP contribution is 2.53. The molecule has 1 N–H and O–H groups in total. The number of nitrogens with one attached hydrogen (secondary N) is 1. The van der Waals surface area contributed by atoms with Gasteiger partial charge in [0, 0.05) is 6.54 Å². The smallest absolute Gasteiger partial charge is 0.000769 e. The van der Waals surface area contributed by atoms with Crippen molar-refractivity contribution >= 4 is 0 Å². The Bertz CT molecular complexity index is 252. The molecule has 0 heterocycles. The summed E-state index contributed by atoms with van der Waals surface area (Å²) in [4.78, 5) is 0. The summed E-state index contributed by atoms with van der Waals surface area (Å²) >= 11 is 0. The third kappa shape index (κ3) is 3.74. The first-order valence-electron chi connectivity index (χ1n) is 8.93. The normalized spacial score (nSPS) is 32.7. The summed E-state index contributed by atoms with van der Waals surface area (Å²) in [5, 5.41) is 3.67. The van der Waals surface area contributed by atoms with E-state index in [1.807, 2.05) is 0 Å². The molecule has 2 aliphatic carbocycles. The lowest BCUT2D eigenvalue weighted by molar-refractivity contribution is 0.145. The Labute approximate surface area is 120 Å². The van der Waals surface area contributed by atoms with E-state index in [-0.39, 0.29) is 0 Å². The van der Waals surface area contributed by atoms with Gasteiger partial charge in [0.15, 0.2) is 0 Å². The molecule has 2 bridgehead atoms. The van der Waals surface area contributed by atoms with Crippen LogP contribution in [0.25, 0.3) is 0 Å². The molecule has 2 saturated carbocycles. The van der Waals surface area contributed by atoms with Crippen molar-refractivity contribution in [2.24, 2.45) is 23.2 Å². The van der Waals surface area contributed by atoms with Crippen molar-refractivity contribution < 1.29 is 0 Å². The number of hydrogen-bond donors (Lipinski definition) is 1. The Balaban J connectivity index is 1.94. The number of rotatable bonds is 9. The molecule has 1 nitrogen and oxygen atoms in total. The van der Waals surface area contributed by atoms with Crippen LogP contribution in [-0.4, -0.2) is 13.1 Å². The van der Waals surface area contributed by atoms with E-state index < -0.39 is 0 Å². The molecule has 0 spiro atoms. The summed E-state index contributed by atoms with van der Waals surface area (Å²) in [5.41, 5.74) is 0.598. The summed E-state index contributed by atoms with van der Waals surface area (Å²) in [6.45, 7) is 9.40. The summed E-state index contributed by atoms with van der Waals surface area (Å²) in [5.74, 6) is 3.27. The molecule has 0 aromatic carbocycles. The van der Waals surface area contributed by atoms with Gasteiger partial charge in [-0.05, 0) is 68.2 Å². The molecule has 4 atom stereocenters. The maximum atomic E-state index is 3.67. The molecule has 19 heavy (non-hydrogen) atoms. The van der Waals surface area contributed by atoms with E-state index >= 15 is 0 Å². The molecule has 2 fully saturated rings. The van der Waals surface area contributed by atoms with E-state index in [1.54, 1.807) is 25.7 Å². The molecule has 0 amide bonds. The topological polar surface area (TPSA) is 12.0 Å². The van der Waals surface area contributed by atoms with Gasteiger partial charge in [0.2, 0.25) is 0 Å². The van der Waals surface area contributed by atoms with Gasteiger partial charge in [-0.3, -0.25) is 0 Å². The van der Waals surface area contributed by atoms with Crippen LogP contribution in [0.3, 0.4) is 0 Å². The van der Waals surface area contributed by atoms with Gasteiger partial charge >= 0.3 is 0 Å². The van der Waals surface area contributed by atoms with Crippen molar-refractivity contribution in [2.45, 2.75) is 78.6 Å². The van der Waals surface area contributed by atoms with Crippen LogP contribution in [0.2, 0.25) is 0 Å². The molecule has 4 unspecified atom stereocenters. The second kappa shape index (κ2) is 7.11. The molecule has 1 heteroatoms. The minimum Gasteiger partial charge on any atom is -0.316 e. The van der Waals surface area contributed by atoms with E-state index in [0.29, 0.717) is 5.41 Å². The van der Waals surface area contributed by atoms with Crippen molar-refractivity contribution in [1.29, 1.82) is 0 Å². The Morgan fingerprint density at radius 3 is 2.47 bits per heavy atom. The Kier molecular flexibility index (Phi) is 5.74. The molecular weight excluding hydrogens is 230 g/mol. The lowest BCUT2D eigenvalue weighted by atomic mass is 9.70. The highest BCUT2D eigenvalue weighted by molar-refractivity contribution is 4.94. The van der Waals surface area contributed by atoms with Crippen LogP contribution in [0.5, 0.6) is 0 Å². The van der Waals surface area contributed by atoms with Crippen molar-refractivity contribution in [1.82, 2.24) is 5.32 Å². The van der Waals surface area contributed by atoms with Crippen LogP contribution in [0.1, 0.15) is 78.6 Å². The zero-order chi connectivity index (χ0) is 13.7. The molecule has 112 valence electrons. The van der Waals surface area contributed by atoms with Gasteiger partial charge in [-0.25, -0.2) is 0 Å². The average molecular weight is 265 g/mol. The van der Waals surface area contributed by atoms with Gasteiger partial charge in [-0.15, -0.1) is 0 Å². The van der Waals surface area contributed by atoms with E-state index in [4.69, 9.17) is 0 Å². The highest BCUT2D eigenvalue weighted by Gasteiger charge is 2.42. The SMILES string of the molecule is CCCCC(CC)(CNCC)CC1CC2CCC1C2. The van der Waals surface area contributed by atoms with E-state index in [2.05, 4.69) is 26.1 Å². The molecule has 0 aromatic heterocycles.